The SMILES string of the molecule is CC(Nc1ccccc1C(F)(F)F)O[B]c1c2ccccc2c([B]OC(C)Nc2ccccc2C(F)(F)F)c2ccccc12. The van der Waals surface area contributed by atoms with E-state index in [1.54, 1.807) is 13.8 Å². The number of para-hydroxylation sites is 2. The molecule has 0 aliphatic heterocycles. The van der Waals surface area contributed by atoms with Crippen molar-refractivity contribution in [2.45, 2.75) is 38.7 Å². The van der Waals surface area contributed by atoms with Crippen LogP contribution in [-0.4, -0.2) is 27.4 Å². The van der Waals surface area contributed by atoms with E-state index < -0.39 is 35.9 Å². The minimum absolute atomic E-state index is 0.0988. The van der Waals surface area contributed by atoms with Crippen LogP contribution in [0.5, 0.6) is 0 Å². The molecule has 2 unspecified atom stereocenters. The fourth-order valence-corrected chi connectivity index (χ4v) is 5.01. The molecule has 0 aromatic heterocycles. The average Bonchev–Trinajstić information content (AvgIpc) is 2.98. The standard InChI is InChI=1S/C32H26B2F6N2O2/c1-19(41-27-17-9-7-15-25(27)31(35,36)37)43-33-29-21-11-3-5-13-23(21)30(24-14-6-4-12-22(24)29)34-44-20(2)42-28-18-10-8-16-26(28)32(38,39)40/h3-20,41-42H,1-2H3. The Labute approximate surface area is 251 Å². The Kier molecular flexibility index (Phi) is 9.12. The van der Waals surface area contributed by atoms with Crippen LogP contribution in [0.1, 0.15) is 25.0 Å². The van der Waals surface area contributed by atoms with Crippen LogP contribution in [0.15, 0.2) is 97.1 Å². The highest BCUT2D eigenvalue weighted by Gasteiger charge is 2.34. The highest BCUT2D eigenvalue weighted by atomic mass is 19.4. The molecule has 0 spiro atoms. The van der Waals surface area contributed by atoms with Crippen LogP contribution in [0, 0.1) is 0 Å². The van der Waals surface area contributed by atoms with Crippen LogP contribution in [-0.2, 0) is 21.7 Å². The summed E-state index contributed by atoms with van der Waals surface area (Å²) in [6, 6.07) is 25.3. The highest BCUT2D eigenvalue weighted by Crippen LogP contribution is 2.36. The zero-order valence-electron chi connectivity index (χ0n) is 23.6. The molecule has 5 rings (SSSR count). The van der Waals surface area contributed by atoms with Gasteiger partial charge < -0.3 is 19.9 Å². The van der Waals surface area contributed by atoms with Gasteiger partial charge in [-0.05, 0) is 70.6 Å². The van der Waals surface area contributed by atoms with Gasteiger partial charge in [0.15, 0.2) is 0 Å². The third-order valence-electron chi connectivity index (χ3n) is 6.98. The molecule has 0 amide bonds. The van der Waals surface area contributed by atoms with Gasteiger partial charge in [-0.2, -0.15) is 26.3 Å². The Morgan fingerprint density at radius 3 is 1.11 bits per heavy atom. The molecule has 0 saturated carbocycles. The number of hydrogen-bond acceptors (Lipinski definition) is 4. The van der Waals surface area contributed by atoms with Gasteiger partial charge >= 0.3 is 27.3 Å². The quantitative estimate of drug-likeness (QED) is 0.0750. The second-order valence-corrected chi connectivity index (χ2v) is 10.1. The zero-order chi connectivity index (χ0) is 31.5. The lowest BCUT2D eigenvalue weighted by Crippen LogP contribution is -2.33. The molecule has 4 nitrogen and oxygen atoms in total. The number of alkyl halides is 6. The average molecular weight is 606 g/mol. The van der Waals surface area contributed by atoms with Gasteiger partial charge in [0.25, 0.3) is 0 Å². The van der Waals surface area contributed by atoms with Crippen molar-refractivity contribution in [3.8, 4) is 0 Å². The molecule has 0 saturated heterocycles. The molecule has 224 valence electrons. The van der Waals surface area contributed by atoms with Crippen LogP contribution < -0.4 is 21.6 Å². The van der Waals surface area contributed by atoms with Gasteiger partial charge in [0, 0.05) is 11.4 Å². The monoisotopic (exact) mass is 606 g/mol. The number of benzene rings is 5. The lowest BCUT2D eigenvalue weighted by Gasteiger charge is -2.22. The third kappa shape index (κ3) is 6.97. The van der Waals surface area contributed by atoms with E-state index in [1.807, 2.05) is 48.5 Å². The van der Waals surface area contributed by atoms with Gasteiger partial charge in [0.1, 0.15) is 12.5 Å². The molecular weight excluding hydrogens is 580 g/mol. The summed E-state index contributed by atoms with van der Waals surface area (Å²) >= 11 is 0. The summed E-state index contributed by atoms with van der Waals surface area (Å²) in [7, 11) is 3.03. The Bertz CT molecular complexity index is 1580. The molecule has 2 N–H and O–H groups in total. The van der Waals surface area contributed by atoms with E-state index in [0.717, 1.165) is 33.7 Å². The summed E-state index contributed by atoms with van der Waals surface area (Å²) in [4.78, 5) is 0. The summed E-state index contributed by atoms with van der Waals surface area (Å²) < 4.78 is 92.7. The van der Waals surface area contributed by atoms with E-state index in [9.17, 15) is 26.3 Å². The molecular formula is C32H26B2F6N2O2. The first-order chi connectivity index (χ1) is 20.9. The normalized spacial score (nSPS) is 13.5. The largest absolute Gasteiger partial charge is 0.418 e. The Morgan fingerprint density at radius 2 is 0.795 bits per heavy atom. The maximum atomic E-state index is 13.5. The molecule has 0 aliphatic carbocycles. The van der Waals surface area contributed by atoms with Gasteiger partial charge in [-0.15, -0.1) is 0 Å². The fourth-order valence-electron chi connectivity index (χ4n) is 5.01. The third-order valence-corrected chi connectivity index (χ3v) is 6.98. The van der Waals surface area contributed by atoms with Crippen molar-refractivity contribution < 1.29 is 35.7 Å². The molecule has 0 fully saturated rings. The second kappa shape index (κ2) is 12.8. The highest BCUT2D eigenvalue weighted by molar-refractivity contribution is 6.62. The Morgan fingerprint density at radius 1 is 0.500 bits per heavy atom. The summed E-state index contributed by atoms with van der Waals surface area (Å²) in [6.07, 6.45) is -10.7. The number of hydrogen-bond donors (Lipinski definition) is 2. The van der Waals surface area contributed by atoms with E-state index in [1.165, 1.54) is 51.4 Å². The van der Waals surface area contributed by atoms with Gasteiger partial charge in [0.05, 0.1) is 11.1 Å². The van der Waals surface area contributed by atoms with Crippen LogP contribution in [0.3, 0.4) is 0 Å². The first-order valence-corrected chi connectivity index (χ1v) is 13.7. The number of fused-ring (bicyclic) bond motifs is 2. The molecule has 2 radical (unpaired) electrons. The van der Waals surface area contributed by atoms with E-state index in [-0.39, 0.29) is 11.4 Å². The molecule has 0 bridgehead atoms. The van der Waals surface area contributed by atoms with Gasteiger partial charge in [-0.3, -0.25) is 0 Å². The predicted octanol–water partition coefficient (Wildman–Crippen LogP) is 7.47. The van der Waals surface area contributed by atoms with Gasteiger partial charge in [-0.1, -0.05) is 72.8 Å². The number of halogens is 6. The summed E-state index contributed by atoms with van der Waals surface area (Å²) in [6.45, 7) is 3.21. The summed E-state index contributed by atoms with van der Waals surface area (Å²) in [5.74, 6) is 0. The Balaban J connectivity index is 1.39. The van der Waals surface area contributed by atoms with E-state index in [2.05, 4.69) is 10.6 Å². The first-order valence-electron chi connectivity index (χ1n) is 13.7. The van der Waals surface area contributed by atoms with Crippen molar-refractivity contribution in [3.05, 3.63) is 108 Å². The van der Waals surface area contributed by atoms with Crippen LogP contribution in [0.25, 0.3) is 21.5 Å². The van der Waals surface area contributed by atoms with Crippen LogP contribution >= 0.6 is 0 Å². The predicted molar refractivity (Wildman–Crippen MR) is 163 cm³/mol. The first kappa shape index (κ1) is 31.3. The minimum Gasteiger partial charge on any atom is -0.416 e. The molecule has 0 heterocycles. The van der Waals surface area contributed by atoms with E-state index in [4.69, 9.17) is 9.31 Å². The van der Waals surface area contributed by atoms with Crippen molar-refractivity contribution >= 4 is 58.8 Å². The molecule has 12 heteroatoms. The molecule has 2 atom stereocenters. The van der Waals surface area contributed by atoms with Crippen molar-refractivity contribution in [1.82, 2.24) is 0 Å². The molecule has 44 heavy (non-hydrogen) atoms. The van der Waals surface area contributed by atoms with Crippen molar-refractivity contribution in [1.29, 1.82) is 0 Å². The van der Waals surface area contributed by atoms with E-state index in [0.29, 0.717) is 10.9 Å². The number of rotatable bonds is 10. The smallest absolute Gasteiger partial charge is 0.416 e. The second-order valence-electron chi connectivity index (χ2n) is 10.1. The van der Waals surface area contributed by atoms with Gasteiger partial charge in [-0.25, -0.2) is 0 Å². The molecule has 0 aliphatic rings. The Hall–Kier alpha value is -4.15. The minimum atomic E-state index is -4.53. The number of nitrogens with one attached hydrogen (secondary N) is 2. The maximum Gasteiger partial charge on any atom is 0.418 e. The van der Waals surface area contributed by atoms with Crippen LogP contribution in [0.4, 0.5) is 37.7 Å². The molecule has 5 aromatic rings. The van der Waals surface area contributed by atoms with Crippen LogP contribution in [0.2, 0.25) is 0 Å². The van der Waals surface area contributed by atoms with Gasteiger partial charge in [0.2, 0.25) is 0 Å². The molecule has 5 aromatic carbocycles. The summed E-state index contributed by atoms with van der Waals surface area (Å²) in [5.41, 5.74) is -0.377. The summed E-state index contributed by atoms with van der Waals surface area (Å²) in [5, 5.41) is 8.70. The number of anilines is 2. The maximum absolute atomic E-state index is 13.5. The van der Waals surface area contributed by atoms with Crippen molar-refractivity contribution in [2.75, 3.05) is 10.6 Å². The lowest BCUT2D eigenvalue weighted by atomic mass is 9.72. The van der Waals surface area contributed by atoms with Crippen molar-refractivity contribution in [2.24, 2.45) is 0 Å². The van der Waals surface area contributed by atoms with E-state index >= 15 is 0 Å². The zero-order valence-corrected chi connectivity index (χ0v) is 23.6. The fraction of sp³-hybridized carbons (Fsp3) is 0.188. The lowest BCUT2D eigenvalue weighted by molar-refractivity contribution is -0.137. The van der Waals surface area contributed by atoms with Crippen molar-refractivity contribution in [3.63, 3.8) is 0 Å². The topological polar surface area (TPSA) is 42.5 Å².